The van der Waals surface area contributed by atoms with Crippen molar-refractivity contribution in [2.75, 3.05) is 0 Å². The minimum atomic E-state index is -4.67. The number of carbonyl (C=O) groups excluding carboxylic acids is 1. The summed E-state index contributed by atoms with van der Waals surface area (Å²) in [5.41, 5.74) is 5.83. The lowest BCUT2D eigenvalue weighted by molar-refractivity contribution is 0.0696. The molecule has 0 fully saturated rings. The van der Waals surface area contributed by atoms with Gasteiger partial charge in [0.15, 0.2) is 0 Å². The lowest BCUT2D eigenvalue weighted by Crippen LogP contribution is -2.34. The number of primary amides is 1. The van der Waals surface area contributed by atoms with E-state index < -0.39 is 67.3 Å². The zero-order valence-electron chi connectivity index (χ0n) is 18.2. The molecule has 5 N–H and O–H groups in total. The van der Waals surface area contributed by atoms with Crippen LogP contribution in [0.25, 0.3) is 0 Å². The van der Waals surface area contributed by atoms with Crippen molar-refractivity contribution in [2.45, 2.75) is 37.6 Å². The Hall–Kier alpha value is -3.84. The number of carboxylic acids is 1. The van der Waals surface area contributed by atoms with Gasteiger partial charge in [-0.3, -0.25) is 4.79 Å². The minimum Gasteiger partial charge on any atom is -0.478 e. The highest BCUT2D eigenvalue weighted by atomic mass is 32.2. The van der Waals surface area contributed by atoms with E-state index in [9.17, 15) is 32.3 Å². The summed E-state index contributed by atoms with van der Waals surface area (Å²) in [5, 5.41) is 15.0. The van der Waals surface area contributed by atoms with Gasteiger partial charge >= 0.3 is 11.7 Å². The number of carboxylic acid groups (broad SMARTS) is 1. The first-order valence-electron chi connectivity index (χ1n) is 9.84. The van der Waals surface area contributed by atoms with Crippen molar-refractivity contribution in [3.05, 3.63) is 80.4 Å². The molecule has 0 aliphatic rings. The van der Waals surface area contributed by atoms with Crippen molar-refractivity contribution < 1.29 is 31.9 Å². The molecule has 0 aliphatic heterocycles. The zero-order chi connectivity index (χ0) is 25.4. The normalized spacial score (nSPS) is 13.4. The second-order valence-corrected chi connectivity index (χ2v) is 9.30. The van der Waals surface area contributed by atoms with Gasteiger partial charge in [-0.1, -0.05) is 13.0 Å². The van der Waals surface area contributed by atoms with Gasteiger partial charge in [-0.2, -0.15) is 4.72 Å². The van der Waals surface area contributed by atoms with Gasteiger partial charge in [0, 0.05) is 5.92 Å². The molecule has 2 unspecified atom stereocenters. The van der Waals surface area contributed by atoms with Crippen LogP contribution in [0.5, 0.6) is 0 Å². The third-order valence-electron chi connectivity index (χ3n) is 5.47. The van der Waals surface area contributed by atoms with Crippen molar-refractivity contribution in [1.29, 1.82) is 0 Å². The van der Waals surface area contributed by atoms with E-state index in [1.54, 1.807) is 19.9 Å². The predicted octanol–water partition coefficient (Wildman–Crippen LogP) is 1.74. The number of aromatic carboxylic acids is 1. The number of amides is 1. The highest BCUT2D eigenvalue weighted by Crippen LogP contribution is 2.35. The highest BCUT2D eigenvalue weighted by Gasteiger charge is 2.35. The second-order valence-electron chi connectivity index (χ2n) is 7.62. The monoisotopic (exact) mass is 492 g/mol. The van der Waals surface area contributed by atoms with E-state index in [2.05, 4.69) is 9.82 Å². The maximum atomic E-state index is 14.8. The number of nitrogens with one attached hydrogen (secondary N) is 2. The molecule has 2 atom stereocenters. The molecule has 13 heteroatoms. The van der Waals surface area contributed by atoms with E-state index in [0.29, 0.717) is 5.56 Å². The zero-order valence-corrected chi connectivity index (χ0v) is 19.1. The van der Waals surface area contributed by atoms with Gasteiger partial charge in [0.25, 0.3) is 0 Å². The van der Waals surface area contributed by atoms with Crippen LogP contribution in [-0.4, -0.2) is 35.6 Å². The average Bonchev–Trinajstić information content (AvgIpc) is 3.20. The van der Waals surface area contributed by atoms with Gasteiger partial charge in [0.2, 0.25) is 21.8 Å². The van der Waals surface area contributed by atoms with Crippen molar-refractivity contribution in [3.8, 4) is 0 Å². The first kappa shape index (κ1) is 24.8. The van der Waals surface area contributed by atoms with Gasteiger partial charge in [-0.05, 0) is 54.8 Å². The first-order chi connectivity index (χ1) is 15.8. The van der Waals surface area contributed by atoms with Crippen molar-refractivity contribution >= 4 is 21.9 Å². The Bertz CT molecular complexity index is 1450. The number of aromatic nitrogens is 2. The number of rotatable bonds is 8. The van der Waals surface area contributed by atoms with Gasteiger partial charge in [0.05, 0.1) is 16.0 Å². The molecule has 3 rings (SSSR count). The highest BCUT2D eigenvalue weighted by molar-refractivity contribution is 7.89. The summed E-state index contributed by atoms with van der Waals surface area (Å²) >= 11 is 0. The van der Waals surface area contributed by atoms with Crippen molar-refractivity contribution in [2.24, 2.45) is 5.73 Å². The fourth-order valence-corrected chi connectivity index (χ4v) is 5.09. The summed E-state index contributed by atoms with van der Waals surface area (Å²) in [4.78, 5) is 34.1. The summed E-state index contributed by atoms with van der Waals surface area (Å²) < 4.78 is 48.7. The van der Waals surface area contributed by atoms with Crippen LogP contribution in [0, 0.1) is 19.7 Å². The predicted molar refractivity (Wildman–Crippen MR) is 116 cm³/mol. The molecular weight excluding hydrogens is 471 g/mol. The molecule has 11 nitrogen and oxygen atoms in total. The van der Waals surface area contributed by atoms with E-state index in [-0.39, 0.29) is 5.56 Å². The maximum Gasteiger partial charge on any atom is 0.434 e. The largest absolute Gasteiger partial charge is 0.478 e. The maximum absolute atomic E-state index is 14.8. The number of aromatic amines is 1. The number of hydrogen-bond acceptors (Lipinski definition) is 7. The number of benzene rings is 2. The SMILES string of the molecule is Cc1ccc(F)c(C(C)C(NS(=O)(=O)c2cc(C(=O)O)ccc2C(N)=O)c2n[nH]c(=O)o2)c1C. The molecule has 1 heterocycles. The number of nitrogens with two attached hydrogens (primary N) is 1. The average molecular weight is 492 g/mol. The van der Waals surface area contributed by atoms with Crippen LogP contribution < -0.4 is 16.2 Å². The third kappa shape index (κ3) is 4.75. The van der Waals surface area contributed by atoms with Crippen molar-refractivity contribution in [3.63, 3.8) is 0 Å². The Morgan fingerprint density at radius 1 is 1.24 bits per heavy atom. The molecule has 0 saturated carbocycles. The lowest BCUT2D eigenvalue weighted by atomic mass is 9.88. The van der Waals surface area contributed by atoms with Crippen LogP contribution in [0.2, 0.25) is 0 Å². The van der Waals surface area contributed by atoms with Gasteiger partial charge in [-0.25, -0.2) is 27.5 Å². The van der Waals surface area contributed by atoms with E-state index in [0.717, 1.165) is 23.8 Å². The van der Waals surface area contributed by atoms with Gasteiger partial charge in [-0.15, -0.1) is 5.10 Å². The van der Waals surface area contributed by atoms with E-state index in [4.69, 9.17) is 10.2 Å². The van der Waals surface area contributed by atoms with Crippen molar-refractivity contribution in [1.82, 2.24) is 14.9 Å². The quantitative estimate of drug-likeness (QED) is 0.366. The fourth-order valence-electron chi connectivity index (χ4n) is 3.58. The number of sulfonamides is 1. The molecule has 1 amide bonds. The summed E-state index contributed by atoms with van der Waals surface area (Å²) in [6.45, 7) is 4.89. The lowest BCUT2D eigenvalue weighted by Gasteiger charge is -2.25. The molecule has 1 aromatic heterocycles. The first-order valence-corrected chi connectivity index (χ1v) is 11.3. The Labute approximate surface area is 192 Å². The molecule has 180 valence electrons. The molecular formula is C21H21FN4O7S. The Morgan fingerprint density at radius 2 is 1.91 bits per heavy atom. The standard InChI is InChI=1S/C21H21FN4O7S/c1-9-4-7-14(22)16(10(9)2)11(3)17(19-24-25-21(30)33-19)26-34(31,32)15-8-12(20(28)29)5-6-13(15)18(23)27/h4-8,11,17,26H,1-3H3,(H2,23,27)(H,25,30)(H,28,29). The number of carbonyl (C=O) groups is 2. The van der Waals surface area contributed by atoms with Crippen LogP contribution in [0.15, 0.2) is 44.4 Å². The summed E-state index contributed by atoms with van der Waals surface area (Å²) in [7, 11) is -4.67. The Kier molecular flexibility index (Phi) is 6.70. The number of halogens is 1. The number of hydrogen-bond donors (Lipinski definition) is 4. The van der Waals surface area contributed by atoms with Crippen LogP contribution in [0.1, 0.15) is 62.2 Å². The molecule has 34 heavy (non-hydrogen) atoms. The number of aryl methyl sites for hydroxylation is 1. The number of H-pyrrole nitrogens is 1. The molecule has 0 bridgehead atoms. The molecule has 3 aromatic rings. The smallest absolute Gasteiger partial charge is 0.434 e. The topological polar surface area (TPSA) is 185 Å². The van der Waals surface area contributed by atoms with E-state index >= 15 is 0 Å². The van der Waals surface area contributed by atoms with E-state index in [1.807, 2.05) is 5.10 Å². The number of nitrogens with zero attached hydrogens (tertiary/aromatic N) is 1. The summed E-state index contributed by atoms with van der Waals surface area (Å²) in [5.74, 6) is -5.50. The summed E-state index contributed by atoms with van der Waals surface area (Å²) in [6.07, 6.45) is 0. The third-order valence-corrected chi connectivity index (χ3v) is 6.96. The Balaban J connectivity index is 2.18. The molecule has 2 aromatic carbocycles. The van der Waals surface area contributed by atoms with Crippen LogP contribution in [0.3, 0.4) is 0 Å². The van der Waals surface area contributed by atoms with Crippen LogP contribution >= 0.6 is 0 Å². The molecule has 0 aliphatic carbocycles. The van der Waals surface area contributed by atoms with Gasteiger partial charge in [0.1, 0.15) is 11.9 Å². The second kappa shape index (κ2) is 9.19. The summed E-state index contributed by atoms with van der Waals surface area (Å²) in [6, 6.07) is 4.13. The molecule has 0 saturated heterocycles. The Morgan fingerprint density at radius 3 is 2.47 bits per heavy atom. The minimum absolute atomic E-state index is 0.146. The fraction of sp³-hybridized carbons (Fsp3) is 0.238. The van der Waals surface area contributed by atoms with Crippen LogP contribution in [-0.2, 0) is 10.0 Å². The van der Waals surface area contributed by atoms with Gasteiger partial charge < -0.3 is 15.3 Å². The molecule has 0 spiro atoms. The molecule has 0 radical (unpaired) electrons. The van der Waals surface area contributed by atoms with Crippen LogP contribution in [0.4, 0.5) is 4.39 Å². The van der Waals surface area contributed by atoms with E-state index in [1.165, 1.54) is 13.0 Å².